The van der Waals surface area contributed by atoms with Crippen LogP contribution in [0.15, 0.2) is 24.3 Å². The number of ether oxygens (including phenoxy) is 1. The average Bonchev–Trinajstić information content (AvgIpc) is 2.97. The minimum absolute atomic E-state index is 0.00343. The van der Waals surface area contributed by atoms with E-state index in [0.29, 0.717) is 18.2 Å². The third kappa shape index (κ3) is 4.13. The summed E-state index contributed by atoms with van der Waals surface area (Å²) in [4.78, 5) is 25.4. The summed E-state index contributed by atoms with van der Waals surface area (Å²) in [6.07, 6.45) is 2.03. The van der Waals surface area contributed by atoms with Crippen molar-refractivity contribution in [3.05, 3.63) is 34.9 Å². The minimum atomic E-state index is -0.299. The molecule has 1 saturated heterocycles. The van der Waals surface area contributed by atoms with Crippen molar-refractivity contribution in [2.24, 2.45) is 0 Å². The van der Waals surface area contributed by atoms with E-state index in [1.165, 1.54) is 0 Å². The number of benzene rings is 1. The molecule has 1 fully saturated rings. The topological polar surface area (TPSA) is 58.6 Å². The van der Waals surface area contributed by atoms with Crippen LogP contribution in [0.1, 0.15) is 37.8 Å². The molecule has 0 spiro atoms. The smallest absolute Gasteiger partial charge is 0.317 e. The van der Waals surface area contributed by atoms with Gasteiger partial charge in [0.25, 0.3) is 0 Å². The van der Waals surface area contributed by atoms with Crippen molar-refractivity contribution in [1.29, 1.82) is 0 Å². The quantitative estimate of drug-likeness (QED) is 0.846. The summed E-state index contributed by atoms with van der Waals surface area (Å²) in [7, 11) is 0. The third-order valence-corrected chi connectivity index (χ3v) is 4.03. The molecule has 1 aromatic rings. The lowest BCUT2D eigenvalue weighted by Crippen LogP contribution is -2.40. The largest absolute Gasteiger partial charge is 0.466 e. The Bertz CT molecular complexity index is 536. The van der Waals surface area contributed by atoms with Crippen molar-refractivity contribution in [3.8, 4) is 0 Å². The molecule has 1 aliphatic heterocycles. The summed E-state index contributed by atoms with van der Waals surface area (Å²) in [5, 5.41) is 3.46. The molecule has 1 heterocycles. The van der Waals surface area contributed by atoms with E-state index in [0.717, 1.165) is 18.4 Å². The molecule has 5 nitrogen and oxygen atoms in total. The first-order valence-corrected chi connectivity index (χ1v) is 7.95. The Labute approximate surface area is 135 Å². The molecule has 0 saturated carbocycles. The van der Waals surface area contributed by atoms with Crippen LogP contribution < -0.4 is 5.32 Å². The van der Waals surface area contributed by atoms with Crippen LogP contribution in [0, 0.1) is 0 Å². The number of rotatable bonds is 5. The first-order valence-electron chi connectivity index (χ1n) is 7.58. The fraction of sp³-hybridized carbons (Fsp3) is 0.500. The summed E-state index contributed by atoms with van der Waals surface area (Å²) in [5.41, 5.74) is 0.974. The molecule has 0 radical (unpaired) electrons. The van der Waals surface area contributed by atoms with Gasteiger partial charge in [-0.15, -0.1) is 0 Å². The number of hydrogen-bond donors (Lipinski definition) is 1. The Morgan fingerprint density at radius 1 is 1.41 bits per heavy atom. The normalized spacial score (nSPS) is 17.4. The number of nitrogens with one attached hydrogen (secondary N) is 1. The second kappa shape index (κ2) is 8.03. The number of amides is 2. The van der Waals surface area contributed by atoms with E-state index < -0.39 is 0 Å². The zero-order chi connectivity index (χ0) is 15.9. The van der Waals surface area contributed by atoms with E-state index in [4.69, 9.17) is 16.3 Å². The van der Waals surface area contributed by atoms with Gasteiger partial charge in [-0.25, -0.2) is 4.79 Å². The fourth-order valence-corrected chi connectivity index (χ4v) is 2.95. The number of likely N-dealkylation sites (tertiary alicyclic amines) is 1. The highest BCUT2D eigenvalue weighted by Crippen LogP contribution is 2.35. The van der Waals surface area contributed by atoms with Gasteiger partial charge in [-0.3, -0.25) is 4.79 Å². The van der Waals surface area contributed by atoms with E-state index in [1.807, 2.05) is 24.3 Å². The van der Waals surface area contributed by atoms with E-state index in [-0.39, 0.29) is 31.0 Å². The predicted octanol–water partition coefficient (Wildman–Crippen LogP) is 3.14. The molecule has 1 aliphatic rings. The van der Waals surface area contributed by atoms with Crippen LogP contribution in [0.2, 0.25) is 5.02 Å². The summed E-state index contributed by atoms with van der Waals surface area (Å²) < 4.78 is 4.83. The molecule has 0 aromatic heterocycles. The number of esters is 1. The first kappa shape index (κ1) is 16.6. The van der Waals surface area contributed by atoms with Crippen LogP contribution in [0.4, 0.5) is 4.79 Å². The lowest BCUT2D eigenvalue weighted by molar-refractivity contribution is -0.142. The maximum absolute atomic E-state index is 12.3. The summed E-state index contributed by atoms with van der Waals surface area (Å²) in [6, 6.07) is 7.44. The van der Waals surface area contributed by atoms with Crippen LogP contribution >= 0.6 is 11.6 Å². The van der Waals surface area contributed by atoms with E-state index >= 15 is 0 Å². The van der Waals surface area contributed by atoms with Gasteiger partial charge in [0.15, 0.2) is 0 Å². The van der Waals surface area contributed by atoms with Crippen LogP contribution in [0.5, 0.6) is 0 Å². The number of urea groups is 1. The molecule has 0 unspecified atom stereocenters. The molecule has 2 amide bonds. The SMILES string of the molecule is CCOC(=O)CCNC(=O)N1CCC[C@H]1c1ccccc1Cl. The van der Waals surface area contributed by atoms with Crippen LogP contribution in [-0.4, -0.2) is 36.6 Å². The highest BCUT2D eigenvalue weighted by Gasteiger charge is 2.30. The van der Waals surface area contributed by atoms with Gasteiger partial charge in [0.05, 0.1) is 19.1 Å². The van der Waals surface area contributed by atoms with E-state index in [9.17, 15) is 9.59 Å². The summed E-state index contributed by atoms with van der Waals surface area (Å²) >= 11 is 6.24. The molecule has 120 valence electrons. The second-order valence-electron chi connectivity index (χ2n) is 5.16. The van der Waals surface area contributed by atoms with Crippen molar-refractivity contribution in [2.75, 3.05) is 19.7 Å². The zero-order valence-corrected chi connectivity index (χ0v) is 13.4. The lowest BCUT2D eigenvalue weighted by Gasteiger charge is -2.26. The van der Waals surface area contributed by atoms with Gasteiger partial charge in [0, 0.05) is 18.1 Å². The molecule has 0 bridgehead atoms. The molecule has 2 rings (SSSR count). The highest BCUT2D eigenvalue weighted by molar-refractivity contribution is 6.31. The molecule has 1 N–H and O–H groups in total. The van der Waals surface area contributed by atoms with Crippen molar-refractivity contribution in [2.45, 2.75) is 32.2 Å². The minimum Gasteiger partial charge on any atom is -0.466 e. The Morgan fingerprint density at radius 3 is 2.91 bits per heavy atom. The Balaban J connectivity index is 1.92. The standard InChI is InChI=1S/C16H21ClN2O3/c1-2-22-15(20)9-10-18-16(21)19-11-5-8-14(19)12-6-3-4-7-13(12)17/h3-4,6-7,14H,2,5,8-11H2,1H3,(H,18,21)/t14-/m0/s1. The Kier molecular flexibility index (Phi) is 6.07. The van der Waals surface area contributed by atoms with Gasteiger partial charge in [-0.2, -0.15) is 0 Å². The molecule has 1 atom stereocenters. The molecular formula is C16H21ClN2O3. The number of halogens is 1. The van der Waals surface area contributed by atoms with Gasteiger partial charge >= 0.3 is 12.0 Å². The first-order chi connectivity index (χ1) is 10.6. The van der Waals surface area contributed by atoms with Crippen molar-refractivity contribution >= 4 is 23.6 Å². The van der Waals surface area contributed by atoms with Gasteiger partial charge in [0.2, 0.25) is 0 Å². The monoisotopic (exact) mass is 324 g/mol. The maximum Gasteiger partial charge on any atom is 0.317 e. The van der Waals surface area contributed by atoms with Crippen LogP contribution in [0.25, 0.3) is 0 Å². The number of carbonyl (C=O) groups is 2. The van der Waals surface area contributed by atoms with E-state index in [2.05, 4.69) is 5.32 Å². The number of nitrogens with zero attached hydrogens (tertiary/aromatic N) is 1. The van der Waals surface area contributed by atoms with Crippen molar-refractivity contribution < 1.29 is 14.3 Å². The summed E-state index contributed by atoms with van der Waals surface area (Å²) in [6.45, 7) is 3.09. The number of carbonyl (C=O) groups excluding carboxylic acids is 2. The zero-order valence-electron chi connectivity index (χ0n) is 12.7. The average molecular weight is 325 g/mol. The fourth-order valence-electron chi connectivity index (χ4n) is 2.68. The van der Waals surface area contributed by atoms with Crippen molar-refractivity contribution in [1.82, 2.24) is 10.2 Å². The molecular weight excluding hydrogens is 304 g/mol. The van der Waals surface area contributed by atoms with Gasteiger partial charge in [-0.05, 0) is 31.4 Å². The van der Waals surface area contributed by atoms with Crippen molar-refractivity contribution in [3.63, 3.8) is 0 Å². The molecule has 22 heavy (non-hydrogen) atoms. The third-order valence-electron chi connectivity index (χ3n) is 3.69. The van der Waals surface area contributed by atoms with Gasteiger partial charge < -0.3 is 15.0 Å². The lowest BCUT2D eigenvalue weighted by atomic mass is 10.0. The number of hydrogen-bond acceptors (Lipinski definition) is 3. The van der Waals surface area contributed by atoms with E-state index in [1.54, 1.807) is 11.8 Å². The summed E-state index contributed by atoms with van der Waals surface area (Å²) in [5.74, 6) is -0.299. The van der Waals surface area contributed by atoms with Gasteiger partial charge in [-0.1, -0.05) is 29.8 Å². The maximum atomic E-state index is 12.3. The highest BCUT2D eigenvalue weighted by atomic mass is 35.5. The van der Waals surface area contributed by atoms with Crippen LogP contribution in [-0.2, 0) is 9.53 Å². The second-order valence-corrected chi connectivity index (χ2v) is 5.57. The Morgan fingerprint density at radius 2 is 2.18 bits per heavy atom. The molecule has 6 heteroatoms. The Hall–Kier alpha value is -1.75. The predicted molar refractivity (Wildman–Crippen MR) is 84.8 cm³/mol. The molecule has 0 aliphatic carbocycles. The molecule has 1 aromatic carbocycles. The van der Waals surface area contributed by atoms with Crippen LogP contribution in [0.3, 0.4) is 0 Å². The van der Waals surface area contributed by atoms with Gasteiger partial charge in [0.1, 0.15) is 0 Å².